The number of carbonyl (C=O) groups excluding carboxylic acids is 2. The van der Waals surface area contributed by atoms with E-state index < -0.39 is 29.4 Å². The van der Waals surface area contributed by atoms with Gasteiger partial charge in [0.15, 0.2) is 17.4 Å². The van der Waals surface area contributed by atoms with Crippen LogP contribution in [0.5, 0.6) is 5.75 Å². The van der Waals surface area contributed by atoms with Crippen molar-refractivity contribution in [2.45, 2.75) is 45.3 Å². The molecule has 1 saturated carbocycles. The van der Waals surface area contributed by atoms with Crippen molar-refractivity contribution in [2.24, 2.45) is 5.41 Å². The number of H-pyrrole nitrogens is 1. The van der Waals surface area contributed by atoms with E-state index in [4.69, 9.17) is 21.1 Å². The van der Waals surface area contributed by atoms with Crippen LogP contribution in [0.1, 0.15) is 33.6 Å². The largest absolute Gasteiger partial charge is 0.444 e. The molecule has 3 heterocycles. The molecule has 1 saturated heterocycles. The van der Waals surface area contributed by atoms with E-state index in [1.807, 2.05) is 4.90 Å². The van der Waals surface area contributed by atoms with Gasteiger partial charge < -0.3 is 30.0 Å². The molecule has 2 aromatic heterocycles. The van der Waals surface area contributed by atoms with E-state index in [1.165, 1.54) is 13.2 Å². The van der Waals surface area contributed by atoms with Gasteiger partial charge in [0.2, 0.25) is 0 Å². The number of anilines is 1. The summed E-state index contributed by atoms with van der Waals surface area (Å²) in [5.41, 5.74) is 0.102. The highest BCUT2D eigenvalue weighted by atomic mass is 35.5. The zero-order valence-corrected chi connectivity index (χ0v) is 21.0. The fourth-order valence-corrected chi connectivity index (χ4v) is 5.23. The maximum atomic E-state index is 15.2. The summed E-state index contributed by atoms with van der Waals surface area (Å²) >= 11 is 6.57. The number of alkyl carbamates (subject to hydrolysis) is 1. The molecule has 3 aromatic rings. The lowest BCUT2D eigenvalue weighted by Crippen LogP contribution is -2.36. The van der Waals surface area contributed by atoms with Crippen LogP contribution in [0.4, 0.5) is 24.1 Å². The first kappa shape index (κ1) is 24.4. The van der Waals surface area contributed by atoms with Gasteiger partial charge in [0, 0.05) is 37.7 Å². The summed E-state index contributed by atoms with van der Waals surface area (Å²) in [6.45, 7) is 6.56. The van der Waals surface area contributed by atoms with Crippen LogP contribution in [0.25, 0.3) is 21.9 Å². The lowest BCUT2D eigenvalue weighted by molar-refractivity contribution is 0.0516. The maximum Gasteiger partial charge on any atom is 0.412 e. The minimum atomic E-state index is -1.17. The van der Waals surface area contributed by atoms with Crippen molar-refractivity contribution in [1.29, 1.82) is 0 Å². The average molecular weight is 522 g/mol. The fourth-order valence-electron chi connectivity index (χ4n) is 4.97. The number of ether oxygens (including phenoxy) is 2. The standard InChI is InChI=1S/C24H26ClF2N5O4/c1-23(2,3)36-22(34)30-14-8-24(14)5-6-32(10-24)19-11(25)9-29-20-16(19)15-17(27)12(26)7-13(18(15)31-20)35-21(33)28-4/h7,9,14H,5-6,8,10H2,1-4H3,(H,28,33)(H,29,31)(H,30,34). The van der Waals surface area contributed by atoms with Gasteiger partial charge in [-0.3, -0.25) is 0 Å². The highest BCUT2D eigenvalue weighted by molar-refractivity contribution is 6.36. The summed E-state index contributed by atoms with van der Waals surface area (Å²) < 4.78 is 40.3. The third-order valence-electron chi connectivity index (χ3n) is 6.67. The third-order valence-corrected chi connectivity index (χ3v) is 6.95. The molecule has 2 aliphatic rings. The Hall–Kier alpha value is -3.34. The number of aromatic amines is 1. The Morgan fingerprint density at radius 3 is 2.72 bits per heavy atom. The van der Waals surface area contributed by atoms with Crippen LogP contribution in [0, 0.1) is 17.0 Å². The van der Waals surface area contributed by atoms with Gasteiger partial charge in [0.05, 0.1) is 33.2 Å². The lowest BCUT2D eigenvalue weighted by atomic mass is 10.1. The molecule has 5 rings (SSSR count). The summed E-state index contributed by atoms with van der Waals surface area (Å²) in [7, 11) is 1.36. The highest BCUT2D eigenvalue weighted by Gasteiger charge is 2.58. The van der Waals surface area contributed by atoms with Crippen molar-refractivity contribution >= 4 is 51.4 Å². The molecular weight excluding hydrogens is 496 g/mol. The van der Waals surface area contributed by atoms with Crippen LogP contribution < -0.4 is 20.3 Å². The van der Waals surface area contributed by atoms with E-state index in [9.17, 15) is 14.0 Å². The number of rotatable bonds is 3. The van der Waals surface area contributed by atoms with Crippen LogP contribution >= 0.6 is 11.6 Å². The van der Waals surface area contributed by atoms with Crippen LogP contribution in [-0.4, -0.2) is 53.9 Å². The average Bonchev–Trinajstić information content (AvgIpc) is 3.11. The molecular formula is C24H26ClF2N5O4. The number of amides is 2. The Morgan fingerprint density at radius 2 is 2.03 bits per heavy atom. The van der Waals surface area contributed by atoms with Gasteiger partial charge in [-0.25, -0.2) is 23.4 Å². The van der Waals surface area contributed by atoms with Crippen molar-refractivity contribution in [3.63, 3.8) is 0 Å². The minimum absolute atomic E-state index is 0.0573. The molecule has 3 N–H and O–H groups in total. The quantitative estimate of drug-likeness (QED) is 0.454. The van der Waals surface area contributed by atoms with E-state index in [1.54, 1.807) is 20.8 Å². The molecule has 1 aromatic carbocycles. The zero-order valence-electron chi connectivity index (χ0n) is 20.2. The van der Waals surface area contributed by atoms with Crippen LogP contribution in [-0.2, 0) is 4.74 Å². The smallest absolute Gasteiger partial charge is 0.412 e. The molecule has 1 spiro atoms. The second-order valence-corrected chi connectivity index (χ2v) is 10.7. The number of nitrogens with one attached hydrogen (secondary N) is 3. The number of hydrogen-bond donors (Lipinski definition) is 3. The molecule has 192 valence electrons. The van der Waals surface area contributed by atoms with E-state index in [0.717, 1.165) is 18.9 Å². The van der Waals surface area contributed by atoms with Crippen molar-refractivity contribution in [2.75, 3.05) is 25.0 Å². The normalized spacial score (nSPS) is 21.3. The first-order valence-corrected chi connectivity index (χ1v) is 11.9. The van der Waals surface area contributed by atoms with E-state index in [0.29, 0.717) is 24.2 Å². The summed E-state index contributed by atoms with van der Waals surface area (Å²) in [6, 6.07) is 0.754. The Labute approximate surface area is 210 Å². The van der Waals surface area contributed by atoms with E-state index >= 15 is 4.39 Å². The predicted molar refractivity (Wildman–Crippen MR) is 131 cm³/mol. The minimum Gasteiger partial charge on any atom is -0.444 e. The van der Waals surface area contributed by atoms with Gasteiger partial charge in [-0.15, -0.1) is 0 Å². The van der Waals surface area contributed by atoms with Crippen LogP contribution in [0.2, 0.25) is 5.02 Å². The summed E-state index contributed by atoms with van der Waals surface area (Å²) in [4.78, 5) is 33.2. The molecule has 1 aliphatic carbocycles. The molecule has 36 heavy (non-hydrogen) atoms. The summed E-state index contributed by atoms with van der Waals surface area (Å²) in [5, 5.41) is 5.69. The predicted octanol–water partition coefficient (Wildman–Crippen LogP) is 4.86. The number of hydrogen-bond acceptors (Lipinski definition) is 6. The second-order valence-electron chi connectivity index (χ2n) is 10.3. The van der Waals surface area contributed by atoms with Crippen molar-refractivity contribution in [3.05, 3.63) is 28.9 Å². The van der Waals surface area contributed by atoms with Crippen molar-refractivity contribution < 1.29 is 27.8 Å². The molecule has 2 fully saturated rings. The first-order chi connectivity index (χ1) is 16.9. The number of benzene rings is 1. The maximum absolute atomic E-state index is 15.2. The monoisotopic (exact) mass is 521 g/mol. The Balaban J connectivity index is 1.51. The number of fused-ring (bicyclic) bond motifs is 3. The van der Waals surface area contributed by atoms with Crippen LogP contribution in [0.3, 0.4) is 0 Å². The van der Waals surface area contributed by atoms with Gasteiger partial charge in [0.1, 0.15) is 11.2 Å². The number of nitrogens with zero attached hydrogens (tertiary/aromatic N) is 2. The zero-order chi connectivity index (χ0) is 26.0. The highest BCUT2D eigenvalue weighted by Crippen LogP contribution is 2.55. The van der Waals surface area contributed by atoms with Gasteiger partial charge in [-0.1, -0.05) is 11.6 Å². The number of pyridine rings is 1. The van der Waals surface area contributed by atoms with Crippen LogP contribution in [0.15, 0.2) is 12.3 Å². The Kier molecular flexibility index (Phi) is 5.66. The Bertz CT molecular complexity index is 1410. The van der Waals surface area contributed by atoms with Gasteiger partial charge in [-0.05, 0) is 33.6 Å². The van der Waals surface area contributed by atoms with Gasteiger partial charge >= 0.3 is 12.2 Å². The third kappa shape index (κ3) is 4.15. The lowest BCUT2D eigenvalue weighted by Gasteiger charge is -2.22. The molecule has 0 bridgehead atoms. The Morgan fingerprint density at radius 1 is 1.28 bits per heavy atom. The molecule has 0 radical (unpaired) electrons. The summed E-state index contributed by atoms with van der Waals surface area (Å²) in [6.07, 6.45) is 1.69. The molecule has 12 heteroatoms. The number of carbonyl (C=O) groups is 2. The number of halogens is 3. The van der Waals surface area contributed by atoms with Crippen molar-refractivity contribution in [1.82, 2.24) is 20.6 Å². The SMILES string of the molecule is CNC(=O)Oc1cc(F)c(F)c2c1[nH]c1ncc(Cl)c(N3CCC4(CC4NC(=O)OC(C)(C)C)C3)c12. The van der Waals surface area contributed by atoms with Gasteiger partial charge in [-0.2, -0.15) is 0 Å². The number of aromatic nitrogens is 2. The molecule has 9 nitrogen and oxygen atoms in total. The molecule has 1 aliphatic heterocycles. The molecule has 2 atom stereocenters. The molecule has 2 amide bonds. The summed E-state index contributed by atoms with van der Waals surface area (Å²) in [5.74, 6) is -2.45. The second kappa shape index (κ2) is 8.36. The molecule has 2 unspecified atom stereocenters. The fraction of sp³-hybridized carbons (Fsp3) is 0.458. The topological polar surface area (TPSA) is 109 Å². The van der Waals surface area contributed by atoms with Crippen molar-refractivity contribution in [3.8, 4) is 5.75 Å². The van der Waals surface area contributed by atoms with E-state index in [-0.39, 0.29) is 38.8 Å². The van der Waals surface area contributed by atoms with E-state index in [2.05, 4.69) is 20.6 Å². The van der Waals surface area contributed by atoms with Gasteiger partial charge in [0.25, 0.3) is 0 Å². The first-order valence-electron chi connectivity index (χ1n) is 11.5.